The largest absolute Gasteiger partial charge is 0.399 e. The molecule has 8 aromatic carbocycles. The highest BCUT2D eigenvalue weighted by atomic mass is 14.6. The highest BCUT2D eigenvalue weighted by molar-refractivity contribution is 6.41. The predicted molar refractivity (Wildman–Crippen MR) is 183 cm³/mol. The van der Waals surface area contributed by atoms with Crippen LogP contribution in [0.1, 0.15) is 11.1 Å². The van der Waals surface area contributed by atoms with E-state index in [1.165, 1.54) is 71.1 Å². The van der Waals surface area contributed by atoms with E-state index < -0.39 is 0 Å². The van der Waals surface area contributed by atoms with Crippen molar-refractivity contribution in [2.24, 2.45) is 0 Å². The summed E-state index contributed by atoms with van der Waals surface area (Å²) in [5, 5.41) is 11.9. The number of nitrogens with two attached hydrogens (primary N) is 2. The molecule has 0 fully saturated rings. The van der Waals surface area contributed by atoms with Crippen LogP contribution in [-0.2, 0) is 0 Å². The van der Waals surface area contributed by atoms with Gasteiger partial charge in [-0.2, -0.15) is 0 Å². The average Bonchev–Trinajstić information content (AvgIpc) is 3.01. The molecule has 0 aliphatic rings. The first-order chi connectivity index (χ1) is 20.5. The molecule has 8 aromatic rings. The lowest BCUT2D eigenvalue weighted by Gasteiger charge is -2.23. The minimum Gasteiger partial charge on any atom is -0.399 e. The minimum absolute atomic E-state index is 0.754. The van der Waals surface area contributed by atoms with Crippen molar-refractivity contribution in [2.45, 2.75) is 13.8 Å². The molecular weight excluding hydrogens is 508 g/mol. The van der Waals surface area contributed by atoms with Crippen molar-refractivity contribution in [1.29, 1.82) is 0 Å². The van der Waals surface area contributed by atoms with E-state index in [0.29, 0.717) is 0 Å². The minimum atomic E-state index is 0.754. The van der Waals surface area contributed by atoms with E-state index in [2.05, 4.69) is 123 Å². The molecule has 2 heteroatoms. The first-order valence-corrected chi connectivity index (χ1v) is 14.4. The molecule has 200 valence electrons. The zero-order chi connectivity index (χ0) is 28.5. The molecule has 0 amide bonds. The fourth-order valence-electron chi connectivity index (χ4n) is 6.89. The van der Waals surface area contributed by atoms with Crippen LogP contribution in [0.15, 0.2) is 121 Å². The second-order valence-corrected chi connectivity index (χ2v) is 11.5. The molecule has 0 atom stereocenters. The number of aryl methyl sites for hydroxylation is 2. The number of nitrogen functional groups attached to an aromatic ring is 2. The second-order valence-electron chi connectivity index (χ2n) is 11.5. The summed E-state index contributed by atoms with van der Waals surface area (Å²) in [7, 11) is 0. The lowest BCUT2D eigenvalue weighted by molar-refractivity contribution is 1.46. The Hall–Kier alpha value is -5.34. The summed E-state index contributed by atoms with van der Waals surface area (Å²) >= 11 is 0. The van der Waals surface area contributed by atoms with Crippen LogP contribution in [0.4, 0.5) is 11.4 Å². The van der Waals surface area contributed by atoms with Crippen LogP contribution >= 0.6 is 0 Å². The number of hydrogen-bond acceptors (Lipinski definition) is 2. The molecule has 0 saturated carbocycles. The zero-order valence-electron chi connectivity index (χ0n) is 23.7. The lowest BCUT2D eigenvalue weighted by atomic mass is 9.80. The van der Waals surface area contributed by atoms with Crippen molar-refractivity contribution in [2.75, 3.05) is 11.5 Å². The Morgan fingerprint density at radius 3 is 1.76 bits per heavy atom. The van der Waals surface area contributed by atoms with E-state index >= 15 is 0 Å². The summed E-state index contributed by atoms with van der Waals surface area (Å²) in [6.07, 6.45) is 0. The summed E-state index contributed by atoms with van der Waals surface area (Å²) in [5.74, 6) is 0. The van der Waals surface area contributed by atoms with Gasteiger partial charge >= 0.3 is 0 Å². The quantitative estimate of drug-likeness (QED) is 0.170. The van der Waals surface area contributed by atoms with Crippen LogP contribution in [0.25, 0.3) is 76.1 Å². The van der Waals surface area contributed by atoms with Crippen molar-refractivity contribution < 1.29 is 0 Å². The Kier molecular flexibility index (Phi) is 5.29. The molecule has 0 bridgehead atoms. The maximum Gasteiger partial charge on any atom is 0.0400 e. The van der Waals surface area contributed by atoms with Gasteiger partial charge in [-0.1, -0.05) is 114 Å². The monoisotopic (exact) mass is 538 g/mol. The second kappa shape index (κ2) is 9.09. The molecule has 4 N–H and O–H groups in total. The average molecular weight is 539 g/mol. The van der Waals surface area contributed by atoms with E-state index in [1.807, 2.05) is 12.1 Å². The van der Waals surface area contributed by atoms with Gasteiger partial charge in [0.25, 0.3) is 0 Å². The topological polar surface area (TPSA) is 52.0 Å². The Morgan fingerprint density at radius 2 is 1.02 bits per heavy atom. The molecule has 0 spiro atoms. The fourth-order valence-corrected chi connectivity index (χ4v) is 6.89. The third-order valence-electron chi connectivity index (χ3n) is 8.83. The number of benzene rings is 8. The number of rotatable bonds is 2. The first-order valence-electron chi connectivity index (χ1n) is 14.4. The van der Waals surface area contributed by atoms with Gasteiger partial charge in [0, 0.05) is 16.8 Å². The third kappa shape index (κ3) is 3.52. The van der Waals surface area contributed by atoms with Crippen molar-refractivity contribution >= 4 is 65.2 Å². The van der Waals surface area contributed by atoms with Crippen LogP contribution in [0, 0.1) is 13.8 Å². The Labute approximate surface area is 244 Å². The number of fused-ring (bicyclic) bond motifs is 10. The molecule has 0 saturated heterocycles. The van der Waals surface area contributed by atoms with Crippen molar-refractivity contribution in [1.82, 2.24) is 0 Å². The molecule has 0 radical (unpaired) electrons. The normalized spacial score (nSPS) is 11.8. The zero-order valence-corrected chi connectivity index (χ0v) is 23.7. The van der Waals surface area contributed by atoms with Gasteiger partial charge in [-0.05, 0) is 103 Å². The molecule has 0 aromatic heterocycles. The molecule has 0 aliphatic carbocycles. The maximum atomic E-state index is 6.85. The smallest absolute Gasteiger partial charge is 0.0400 e. The Balaban J connectivity index is 1.78. The molecule has 8 rings (SSSR count). The van der Waals surface area contributed by atoms with Crippen molar-refractivity contribution in [3.63, 3.8) is 0 Å². The lowest BCUT2D eigenvalue weighted by Crippen LogP contribution is -1.97. The molecule has 2 nitrogen and oxygen atoms in total. The van der Waals surface area contributed by atoms with E-state index in [0.717, 1.165) is 27.5 Å². The van der Waals surface area contributed by atoms with E-state index in [4.69, 9.17) is 11.5 Å². The SMILES string of the molecule is Cc1ccc(-c2c(-c3ccc(C)cc3)c3c4cccc(N)c4c4ccc5ccccc5c4c3c3ccc(N)cc23)cc1. The van der Waals surface area contributed by atoms with Gasteiger partial charge in [0.1, 0.15) is 0 Å². The summed E-state index contributed by atoms with van der Waals surface area (Å²) in [6, 6.07) is 43.7. The molecular formula is C40H30N2. The van der Waals surface area contributed by atoms with Gasteiger partial charge in [-0.25, -0.2) is 0 Å². The van der Waals surface area contributed by atoms with Crippen molar-refractivity contribution in [3.8, 4) is 22.3 Å². The maximum absolute atomic E-state index is 6.85. The van der Waals surface area contributed by atoms with Gasteiger partial charge < -0.3 is 11.5 Å². The van der Waals surface area contributed by atoms with Gasteiger partial charge in [-0.15, -0.1) is 0 Å². The van der Waals surface area contributed by atoms with Gasteiger partial charge in [-0.3, -0.25) is 0 Å². The summed E-state index contributed by atoms with van der Waals surface area (Å²) < 4.78 is 0. The van der Waals surface area contributed by atoms with Gasteiger partial charge in [0.2, 0.25) is 0 Å². The molecule has 0 unspecified atom stereocenters. The molecule has 42 heavy (non-hydrogen) atoms. The Morgan fingerprint density at radius 1 is 0.405 bits per heavy atom. The fraction of sp³-hybridized carbons (Fsp3) is 0.0500. The van der Waals surface area contributed by atoms with Crippen LogP contribution in [-0.4, -0.2) is 0 Å². The number of hydrogen-bond donors (Lipinski definition) is 2. The van der Waals surface area contributed by atoms with Crippen LogP contribution < -0.4 is 11.5 Å². The summed E-state index contributed by atoms with van der Waals surface area (Å²) in [5.41, 5.74) is 22.1. The Bertz CT molecular complexity index is 2360. The summed E-state index contributed by atoms with van der Waals surface area (Å²) in [6.45, 7) is 4.27. The summed E-state index contributed by atoms with van der Waals surface area (Å²) in [4.78, 5) is 0. The highest BCUT2D eigenvalue weighted by Gasteiger charge is 2.23. The van der Waals surface area contributed by atoms with E-state index in [1.54, 1.807) is 0 Å². The molecule has 0 aliphatic heterocycles. The van der Waals surface area contributed by atoms with Crippen molar-refractivity contribution in [3.05, 3.63) is 132 Å². The third-order valence-corrected chi connectivity index (χ3v) is 8.83. The standard InChI is InChI=1S/C40H30N2/c1-23-10-14-26(15-11-23)35-33-22-28(41)19-21-30(33)39-38-29-7-4-3-6-25(29)18-20-32(38)37-31(8-5-9-34(37)42)40(39)36(35)27-16-12-24(2)13-17-27/h3-22H,41-42H2,1-2H3. The van der Waals surface area contributed by atoms with Crippen LogP contribution in [0.2, 0.25) is 0 Å². The molecule has 0 heterocycles. The predicted octanol–water partition coefficient (Wildman–Crippen LogP) is 10.6. The number of anilines is 2. The first kappa shape index (κ1) is 24.5. The highest BCUT2D eigenvalue weighted by Crippen LogP contribution is 2.51. The van der Waals surface area contributed by atoms with Gasteiger partial charge in [0.15, 0.2) is 0 Å². The van der Waals surface area contributed by atoms with E-state index in [-0.39, 0.29) is 0 Å². The van der Waals surface area contributed by atoms with Crippen LogP contribution in [0.3, 0.4) is 0 Å². The van der Waals surface area contributed by atoms with Gasteiger partial charge in [0.05, 0.1) is 0 Å². The van der Waals surface area contributed by atoms with Crippen LogP contribution in [0.5, 0.6) is 0 Å². The van der Waals surface area contributed by atoms with E-state index in [9.17, 15) is 0 Å².